The molecule has 0 saturated carbocycles. The van der Waals surface area contributed by atoms with Crippen molar-refractivity contribution in [2.75, 3.05) is 51.3 Å². The Bertz CT molecular complexity index is 282. The highest BCUT2D eigenvalue weighted by atomic mass is 127. The van der Waals surface area contributed by atoms with Crippen LogP contribution in [-0.4, -0.2) is 73.2 Å². The lowest BCUT2D eigenvalue weighted by atomic mass is 10.5. The van der Waals surface area contributed by atoms with Crippen LogP contribution >= 0.6 is 35.7 Å². The SMILES string of the molecule is CN(CCN=C(N)N1CCSCC1)CC(F)(F)F.I. The first-order valence-electron chi connectivity index (χ1n) is 5.76. The van der Waals surface area contributed by atoms with E-state index in [9.17, 15) is 13.2 Å². The molecule has 0 spiro atoms. The number of halogens is 4. The highest BCUT2D eigenvalue weighted by Gasteiger charge is 2.28. The lowest BCUT2D eigenvalue weighted by Gasteiger charge is -2.27. The number of guanidine groups is 1. The molecule has 0 bridgehead atoms. The summed E-state index contributed by atoms with van der Waals surface area (Å²) in [7, 11) is 1.43. The average Bonchev–Trinajstić information content (AvgIpc) is 2.27. The number of thioether (sulfide) groups is 1. The Hall–Kier alpha value is 0.1000. The molecule has 0 aromatic carbocycles. The van der Waals surface area contributed by atoms with Crippen LogP contribution in [-0.2, 0) is 0 Å². The van der Waals surface area contributed by atoms with E-state index >= 15 is 0 Å². The standard InChI is InChI=1S/C10H19F3N4S.HI/c1-16(8-10(11,12)13)3-2-15-9(14)17-4-6-18-7-5-17;/h2-8H2,1H3,(H2,14,15);1H. The fourth-order valence-electron chi connectivity index (χ4n) is 1.61. The van der Waals surface area contributed by atoms with Gasteiger partial charge in [0.1, 0.15) is 0 Å². The molecule has 1 heterocycles. The van der Waals surface area contributed by atoms with Gasteiger partial charge in [-0.3, -0.25) is 9.89 Å². The van der Waals surface area contributed by atoms with Crippen molar-refractivity contribution in [3.8, 4) is 0 Å². The molecule has 0 atom stereocenters. The number of likely N-dealkylation sites (N-methyl/N-ethyl adjacent to an activating group) is 1. The van der Waals surface area contributed by atoms with E-state index in [0.717, 1.165) is 24.6 Å². The molecule has 1 aliphatic rings. The fraction of sp³-hybridized carbons (Fsp3) is 0.900. The van der Waals surface area contributed by atoms with Gasteiger partial charge < -0.3 is 10.6 Å². The van der Waals surface area contributed by atoms with Crippen LogP contribution in [0.1, 0.15) is 0 Å². The topological polar surface area (TPSA) is 44.9 Å². The third-order valence-electron chi connectivity index (χ3n) is 2.54. The molecule has 19 heavy (non-hydrogen) atoms. The van der Waals surface area contributed by atoms with Crippen LogP contribution in [0.25, 0.3) is 0 Å². The van der Waals surface area contributed by atoms with Gasteiger partial charge in [0.05, 0.1) is 13.1 Å². The second-order valence-electron chi connectivity index (χ2n) is 4.19. The Morgan fingerprint density at radius 2 is 1.95 bits per heavy atom. The molecule has 1 fully saturated rings. The smallest absolute Gasteiger partial charge is 0.370 e. The zero-order valence-electron chi connectivity index (χ0n) is 10.8. The molecule has 9 heteroatoms. The molecule has 0 radical (unpaired) electrons. The largest absolute Gasteiger partial charge is 0.401 e. The van der Waals surface area contributed by atoms with Crippen LogP contribution in [0.4, 0.5) is 13.2 Å². The summed E-state index contributed by atoms with van der Waals surface area (Å²) < 4.78 is 36.2. The highest BCUT2D eigenvalue weighted by molar-refractivity contribution is 14.0. The Balaban J connectivity index is 0.00000324. The number of alkyl halides is 3. The normalized spacial score (nSPS) is 17.5. The zero-order valence-corrected chi connectivity index (χ0v) is 14.0. The summed E-state index contributed by atoms with van der Waals surface area (Å²) in [4.78, 5) is 7.29. The number of aliphatic imine (C=N–C) groups is 1. The lowest BCUT2D eigenvalue weighted by molar-refractivity contribution is -0.142. The number of rotatable bonds is 4. The fourth-order valence-corrected chi connectivity index (χ4v) is 2.52. The van der Waals surface area contributed by atoms with Gasteiger partial charge in [0.25, 0.3) is 0 Å². The van der Waals surface area contributed by atoms with Crippen LogP contribution < -0.4 is 5.73 Å². The molecule has 1 saturated heterocycles. The molecule has 1 rings (SSSR count). The molecular weight excluding hydrogens is 392 g/mol. The molecule has 1 aliphatic heterocycles. The van der Waals surface area contributed by atoms with Crippen LogP contribution in [0, 0.1) is 0 Å². The molecule has 0 aromatic rings. The van der Waals surface area contributed by atoms with Crippen molar-refractivity contribution in [2.24, 2.45) is 10.7 Å². The number of hydrogen-bond donors (Lipinski definition) is 1. The minimum absolute atomic E-state index is 0. The summed E-state index contributed by atoms with van der Waals surface area (Å²) in [5, 5.41) is 0. The van der Waals surface area contributed by atoms with Crippen molar-refractivity contribution in [3.63, 3.8) is 0 Å². The van der Waals surface area contributed by atoms with E-state index < -0.39 is 12.7 Å². The van der Waals surface area contributed by atoms with Crippen LogP contribution in [0.15, 0.2) is 4.99 Å². The first-order valence-corrected chi connectivity index (χ1v) is 6.92. The van der Waals surface area contributed by atoms with Gasteiger partial charge in [0.2, 0.25) is 0 Å². The van der Waals surface area contributed by atoms with Crippen molar-refractivity contribution in [1.29, 1.82) is 0 Å². The van der Waals surface area contributed by atoms with E-state index in [0.29, 0.717) is 12.5 Å². The van der Waals surface area contributed by atoms with Gasteiger partial charge in [-0.1, -0.05) is 0 Å². The first-order chi connectivity index (χ1) is 8.38. The summed E-state index contributed by atoms with van der Waals surface area (Å²) in [5.41, 5.74) is 5.79. The van der Waals surface area contributed by atoms with Gasteiger partial charge in [-0.05, 0) is 7.05 Å². The van der Waals surface area contributed by atoms with E-state index in [1.54, 1.807) is 0 Å². The quantitative estimate of drug-likeness (QED) is 0.432. The van der Waals surface area contributed by atoms with Gasteiger partial charge in [-0.15, -0.1) is 24.0 Å². The Kier molecular flexibility index (Phi) is 9.16. The highest BCUT2D eigenvalue weighted by Crippen LogP contribution is 2.15. The van der Waals surface area contributed by atoms with Gasteiger partial charge in [0.15, 0.2) is 5.96 Å². The van der Waals surface area contributed by atoms with E-state index in [2.05, 4.69) is 4.99 Å². The average molecular weight is 412 g/mol. The molecule has 0 aromatic heterocycles. The number of hydrogen-bond acceptors (Lipinski definition) is 3. The second kappa shape index (κ2) is 9.11. The Morgan fingerprint density at radius 1 is 1.37 bits per heavy atom. The summed E-state index contributed by atoms with van der Waals surface area (Å²) in [6, 6.07) is 0. The van der Waals surface area contributed by atoms with E-state index in [4.69, 9.17) is 5.73 Å². The predicted molar refractivity (Wildman–Crippen MR) is 84.4 cm³/mol. The minimum Gasteiger partial charge on any atom is -0.370 e. The van der Waals surface area contributed by atoms with Crippen molar-refractivity contribution < 1.29 is 13.2 Å². The maximum absolute atomic E-state index is 12.1. The molecule has 0 amide bonds. The molecular formula is C10H20F3IN4S. The Morgan fingerprint density at radius 3 is 2.47 bits per heavy atom. The first kappa shape index (κ1) is 19.1. The summed E-state index contributed by atoms with van der Waals surface area (Å²) in [5.74, 6) is 2.48. The molecule has 0 aliphatic carbocycles. The third kappa shape index (κ3) is 8.79. The van der Waals surface area contributed by atoms with E-state index in [1.807, 2.05) is 16.7 Å². The van der Waals surface area contributed by atoms with Gasteiger partial charge in [-0.25, -0.2) is 0 Å². The molecule has 2 N–H and O–H groups in total. The zero-order chi connectivity index (χ0) is 13.6. The Labute approximate surface area is 133 Å². The van der Waals surface area contributed by atoms with Crippen molar-refractivity contribution in [3.05, 3.63) is 0 Å². The molecule has 114 valence electrons. The second-order valence-corrected chi connectivity index (χ2v) is 5.42. The number of nitrogens with two attached hydrogens (primary N) is 1. The molecule has 0 unspecified atom stereocenters. The van der Waals surface area contributed by atoms with E-state index in [-0.39, 0.29) is 30.5 Å². The van der Waals surface area contributed by atoms with Crippen LogP contribution in [0.5, 0.6) is 0 Å². The van der Waals surface area contributed by atoms with Gasteiger partial charge in [0, 0.05) is 31.1 Å². The molecule has 4 nitrogen and oxygen atoms in total. The third-order valence-corrected chi connectivity index (χ3v) is 3.48. The van der Waals surface area contributed by atoms with Crippen molar-refractivity contribution in [2.45, 2.75) is 6.18 Å². The summed E-state index contributed by atoms with van der Waals surface area (Å²) >= 11 is 1.87. The lowest BCUT2D eigenvalue weighted by Crippen LogP contribution is -2.43. The number of nitrogens with zero attached hydrogens (tertiary/aromatic N) is 3. The summed E-state index contributed by atoms with van der Waals surface area (Å²) in [6.07, 6.45) is -4.16. The maximum atomic E-state index is 12.1. The maximum Gasteiger partial charge on any atom is 0.401 e. The van der Waals surface area contributed by atoms with Crippen LogP contribution in [0.2, 0.25) is 0 Å². The van der Waals surface area contributed by atoms with Crippen molar-refractivity contribution in [1.82, 2.24) is 9.80 Å². The minimum atomic E-state index is -4.16. The van der Waals surface area contributed by atoms with Gasteiger partial charge in [-0.2, -0.15) is 24.9 Å². The monoisotopic (exact) mass is 412 g/mol. The predicted octanol–water partition coefficient (Wildman–Crippen LogP) is 1.46. The van der Waals surface area contributed by atoms with Crippen molar-refractivity contribution >= 4 is 41.7 Å². The summed E-state index contributed by atoms with van der Waals surface area (Å²) in [6.45, 7) is 1.35. The van der Waals surface area contributed by atoms with Gasteiger partial charge >= 0.3 is 6.18 Å². The van der Waals surface area contributed by atoms with E-state index in [1.165, 1.54) is 11.9 Å². The van der Waals surface area contributed by atoms with Crippen LogP contribution in [0.3, 0.4) is 0 Å².